The second-order valence-corrected chi connectivity index (χ2v) is 8.05. The molecule has 0 aliphatic heterocycles. The summed E-state index contributed by atoms with van der Waals surface area (Å²) in [5.41, 5.74) is 0.375. The summed E-state index contributed by atoms with van der Waals surface area (Å²) in [6, 6.07) is 11.2. The zero-order chi connectivity index (χ0) is 22.7. The van der Waals surface area contributed by atoms with Gasteiger partial charge in [0, 0.05) is 5.92 Å². The molecule has 0 spiro atoms. The fourth-order valence-corrected chi connectivity index (χ4v) is 3.57. The van der Waals surface area contributed by atoms with Crippen molar-refractivity contribution in [2.24, 2.45) is 0 Å². The number of hydrogen-bond donors (Lipinski definition) is 2. The van der Waals surface area contributed by atoms with E-state index in [1.54, 1.807) is 4.68 Å². The van der Waals surface area contributed by atoms with E-state index in [9.17, 15) is 22.8 Å². The van der Waals surface area contributed by atoms with Crippen LogP contribution in [0.3, 0.4) is 0 Å². The minimum Gasteiger partial charge on any atom is -0.346 e. The summed E-state index contributed by atoms with van der Waals surface area (Å²) in [7, 11) is 0. The standard InChI is InChI=1S/C21H18F3N5O2S/c22-14-8-9-15(19(24)18(14)23)26-16(30)10-25-17(31)11-32-21-27-20(12-6-7-12)29(28-21)13-4-2-1-3-5-13/h1-5,8-9,12H,6-7,10-11H2,(H,25,31)(H,26,30). The van der Waals surface area contributed by atoms with Gasteiger partial charge < -0.3 is 10.6 Å². The van der Waals surface area contributed by atoms with E-state index in [0.29, 0.717) is 17.1 Å². The van der Waals surface area contributed by atoms with Crippen molar-refractivity contribution in [3.8, 4) is 5.69 Å². The van der Waals surface area contributed by atoms with Crippen molar-refractivity contribution in [2.45, 2.75) is 23.9 Å². The summed E-state index contributed by atoms with van der Waals surface area (Å²) >= 11 is 1.13. The fourth-order valence-electron chi connectivity index (χ4n) is 2.91. The zero-order valence-electron chi connectivity index (χ0n) is 16.6. The van der Waals surface area contributed by atoms with Gasteiger partial charge in [0.2, 0.25) is 17.0 Å². The quantitative estimate of drug-likeness (QED) is 0.397. The second-order valence-electron chi connectivity index (χ2n) is 7.11. The molecule has 7 nitrogen and oxygen atoms in total. The molecule has 166 valence electrons. The molecule has 1 aliphatic carbocycles. The highest BCUT2D eigenvalue weighted by Crippen LogP contribution is 2.40. The van der Waals surface area contributed by atoms with Crippen LogP contribution in [0, 0.1) is 17.5 Å². The summed E-state index contributed by atoms with van der Waals surface area (Å²) in [5.74, 6) is -4.62. The van der Waals surface area contributed by atoms with Gasteiger partial charge in [-0.25, -0.2) is 22.8 Å². The van der Waals surface area contributed by atoms with E-state index in [4.69, 9.17) is 0 Å². The molecule has 0 radical (unpaired) electrons. The molecule has 1 fully saturated rings. The van der Waals surface area contributed by atoms with Gasteiger partial charge in [-0.05, 0) is 37.1 Å². The SMILES string of the molecule is O=C(CSc1nc(C2CC2)n(-c2ccccc2)n1)NCC(=O)Nc1ccc(F)c(F)c1F. The lowest BCUT2D eigenvalue weighted by molar-refractivity contribution is -0.122. The van der Waals surface area contributed by atoms with Crippen LogP contribution in [-0.2, 0) is 9.59 Å². The van der Waals surface area contributed by atoms with Crippen molar-refractivity contribution in [1.29, 1.82) is 0 Å². The largest absolute Gasteiger partial charge is 0.346 e. The normalized spacial score (nSPS) is 13.1. The van der Waals surface area contributed by atoms with Crippen LogP contribution in [0.2, 0.25) is 0 Å². The van der Waals surface area contributed by atoms with Gasteiger partial charge in [-0.2, -0.15) is 0 Å². The number of aromatic nitrogens is 3. The monoisotopic (exact) mass is 461 g/mol. The van der Waals surface area contributed by atoms with Crippen LogP contribution in [0.5, 0.6) is 0 Å². The average molecular weight is 461 g/mol. The van der Waals surface area contributed by atoms with E-state index in [2.05, 4.69) is 20.7 Å². The van der Waals surface area contributed by atoms with E-state index in [1.165, 1.54) is 0 Å². The maximum absolute atomic E-state index is 13.6. The van der Waals surface area contributed by atoms with Crippen LogP contribution in [0.15, 0.2) is 47.6 Å². The first-order valence-electron chi connectivity index (χ1n) is 9.77. The number of halogens is 3. The third-order valence-electron chi connectivity index (χ3n) is 4.64. The number of benzene rings is 2. The highest BCUT2D eigenvalue weighted by Gasteiger charge is 2.30. The minimum atomic E-state index is -1.68. The van der Waals surface area contributed by atoms with E-state index >= 15 is 0 Å². The predicted octanol–water partition coefficient (Wildman–Crippen LogP) is 3.41. The number of anilines is 1. The number of nitrogens with one attached hydrogen (secondary N) is 2. The molecule has 1 heterocycles. The Bertz CT molecular complexity index is 1150. The van der Waals surface area contributed by atoms with Crippen LogP contribution in [0.1, 0.15) is 24.6 Å². The van der Waals surface area contributed by atoms with Crippen molar-refractivity contribution in [3.05, 3.63) is 65.7 Å². The Balaban J connectivity index is 1.30. The molecule has 1 aromatic heterocycles. The van der Waals surface area contributed by atoms with Gasteiger partial charge in [0.25, 0.3) is 0 Å². The molecule has 2 N–H and O–H groups in total. The summed E-state index contributed by atoms with van der Waals surface area (Å²) < 4.78 is 41.6. The van der Waals surface area contributed by atoms with Crippen LogP contribution < -0.4 is 10.6 Å². The molecule has 0 saturated heterocycles. The lowest BCUT2D eigenvalue weighted by Gasteiger charge is -2.08. The fraction of sp³-hybridized carbons (Fsp3) is 0.238. The van der Waals surface area contributed by atoms with Gasteiger partial charge in [0.15, 0.2) is 17.5 Å². The summed E-state index contributed by atoms with van der Waals surface area (Å²) in [4.78, 5) is 28.5. The lowest BCUT2D eigenvalue weighted by atomic mass is 10.2. The van der Waals surface area contributed by atoms with E-state index in [0.717, 1.165) is 42.2 Å². The Morgan fingerprint density at radius 1 is 1.03 bits per heavy atom. The Morgan fingerprint density at radius 2 is 1.78 bits per heavy atom. The van der Waals surface area contributed by atoms with Gasteiger partial charge in [0.05, 0.1) is 23.7 Å². The van der Waals surface area contributed by atoms with Gasteiger partial charge >= 0.3 is 0 Å². The van der Waals surface area contributed by atoms with E-state index in [-0.39, 0.29) is 5.75 Å². The maximum Gasteiger partial charge on any atom is 0.243 e. The molecule has 2 amide bonds. The average Bonchev–Trinajstić information content (AvgIpc) is 3.56. The number of para-hydroxylation sites is 1. The Morgan fingerprint density at radius 3 is 2.50 bits per heavy atom. The molecular weight excluding hydrogens is 443 g/mol. The van der Waals surface area contributed by atoms with Gasteiger partial charge in [0.1, 0.15) is 5.82 Å². The summed E-state index contributed by atoms with van der Waals surface area (Å²) in [5, 5.41) is 9.40. The van der Waals surface area contributed by atoms with E-state index < -0.39 is 41.5 Å². The molecule has 1 aliphatic rings. The summed E-state index contributed by atoms with van der Waals surface area (Å²) in [6.07, 6.45) is 2.09. The topological polar surface area (TPSA) is 88.9 Å². The molecular formula is C21H18F3N5O2S. The third-order valence-corrected chi connectivity index (χ3v) is 5.48. The van der Waals surface area contributed by atoms with E-state index in [1.807, 2.05) is 30.3 Å². The molecule has 0 bridgehead atoms. The number of rotatable bonds is 8. The predicted molar refractivity (Wildman–Crippen MR) is 112 cm³/mol. The van der Waals surface area contributed by atoms with Crippen molar-refractivity contribution in [3.63, 3.8) is 0 Å². The van der Waals surface area contributed by atoms with Gasteiger partial charge in [-0.1, -0.05) is 30.0 Å². The number of nitrogens with zero attached hydrogens (tertiary/aromatic N) is 3. The molecule has 32 heavy (non-hydrogen) atoms. The molecule has 2 aromatic carbocycles. The van der Waals surface area contributed by atoms with Crippen molar-refractivity contribution < 1.29 is 22.8 Å². The Labute approximate surface area is 185 Å². The number of thioether (sulfide) groups is 1. The van der Waals surface area contributed by atoms with Crippen molar-refractivity contribution >= 4 is 29.3 Å². The maximum atomic E-state index is 13.6. The minimum absolute atomic E-state index is 0.0320. The number of carbonyl (C=O) groups excluding carboxylic acids is 2. The summed E-state index contributed by atoms with van der Waals surface area (Å²) in [6.45, 7) is -0.461. The highest BCUT2D eigenvalue weighted by atomic mass is 32.2. The highest BCUT2D eigenvalue weighted by molar-refractivity contribution is 7.99. The van der Waals surface area contributed by atoms with Crippen molar-refractivity contribution in [1.82, 2.24) is 20.1 Å². The molecule has 11 heteroatoms. The lowest BCUT2D eigenvalue weighted by Crippen LogP contribution is -2.34. The molecule has 1 saturated carbocycles. The number of hydrogen-bond acceptors (Lipinski definition) is 5. The smallest absolute Gasteiger partial charge is 0.243 e. The molecule has 0 atom stereocenters. The van der Waals surface area contributed by atoms with Crippen LogP contribution >= 0.6 is 11.8 Å². The van der Waals surface area contributed by atoms with Gasteiger partial charge in [-0.3, -0.25) is 9.59 Å². The molecule has 0 unspecified atom stereocenters. The van der Waals surface area contributed by atoms with Crippen LogP contribution in [-0.4, -0.2) is 38.9 Å². The Kier molecular flexibility index (Phi) is 6.45. The van der Waals surface area contributed by atoms with Crippen LogP contribution in [0.4, 0.5) is 18.9 Å². The van der Waals surface area contributed by atoms with Crippen LogP contribution in [0.25, 0.3) is 5.69 Å². The third kappa shape index (κ3) is 5.10. The molecule has 4 rings (SSSR count). The zero-order valence-corrected chi connectivity index (χ0v) is 17.5. The number of carbonyl (C=O) groups is 2. The first kappa shape index (κ1) is 21.9. The Hall–Kier alpha value is -3.34. The second kappa shape index (κ2) is 9.43. The number of amides is 2. The van der Waals surface area contributed by atoms with Crippen molar-refractivity contribution in [2.75, 3.05) is 17.6 Å². The first-order chi connectivity index (χ1) is 15.4. The molecule has 3 aromatic rings. The first-order valence-corrected chi connectivity index (χ1v) is 10.8. The van der Waals surface area contributed by atoms with Gasteiger partial charge in [-0.15, -0.1) is 5.10 Å².